The van der Waals surface area contributed by atoms with E-state index < -0.39 is 9.92 Å². The van der Waals surface area contributed by atoms with Crippen molar-refractivity contribution in [3.05, 3.63) is 100 Å². The average Bonchev–Trinajstić information content (AvgIpc) is 3.25. The van der Waals surface area contributed by atoms with E-state index in [1.807, 2.05) is 35.3 Å². The van der Waals surface area contributed by atoms with E-state index in [0.717, 1.165) is 17.0 Å². The van der Waals surface area contributed by atoms with Gasteiger partial charge in [-0.25, -0.2) is 10.0 Å². The minimum atomic E-state index is -0.841. The summed E-state index contributed by atoms with van der Waals surface area (Å²) < 4.78 is 0. The summed E-state index contributed by atoms with van der Waals surface area (Å²) in [6.07, 6.45) is 1.29. The van der Waals surface area contributed by atoms with Crippen LogP contribution in [0.25, 0.3) is 0 Å². The van der Waals surface area contributed by atoms with E-state index in [-0.39, 0.29) is 11.5 Å². The molecule has 0 radical (unpaired) electrons. The summed E-state index contributed by atoms with van der Waals surface area (Å²) in [5, 5.41) is 25.0. The van der Waals surface area contributed by atoms with Crippen LogP contribution >= 0.6 is 11.8 Å². The Labute approximate surface area is 207 Å². The number of rotatable bonds is 5. The number of anilines is 2. The number of nitrogens with zero attached hydrogens (tertiary/aromatic N) is 5. The first kappa shape index (κ1) is 22.8. The lowest BCUT2D eigenvalue weighted by Gasteiger charge is -2.46. The normalized spacial score (nSPS) is 19.5. The Morgan fingerprint density at radius 2 is 1.57 bits per heavy atom. The van der Waals surface area contributed by atoms with Gasteiger partial charge in [-0.3, -0.25) is 14.9 Å². The van der Waals surface area contributed by atoms with E-state index in [9.17, 15) is 14.9 Å². The molecule has 1 spiro atoms. The fraction of sp³-hybridized carbons (Fsp3) is 0.192. The summed E-state index contributed by atoms with van der Waals surface area (Å²) in [6, 6.07) is 24.3. The van der Waals surface area contributed by atoms with Gasteiger partial charge in [-0.05, 0) is 54.9 Å². The first-order valence-corrected chi connectivity index (χ1v) is 12.0. The second-order valence-electron chi connectivity index (χ2n) is 8.45. The molecule has 0 unspecified atom stereocenters. The van der Waals surface area contributed by atoms with Crippen molar-refractivity contribution in [1.29, 1.82) is 0 Å². The van der Waals surface area contributed by atoms with Gasteiger partial charge in [0.15, 0.2) is 10.8 Å². The van der Waals surface area contributed by atoms with Crippen LogP contribution in [-0.2, 0) is 4.79 Å². The van der Waals surface area contributed by atoms with Gasteiger partial charge in [-0.1, -0.05) is 48.0 Å². The summed E-state index contributed by atoms with van der Waals surface area (Å²) in [5.41, 5.74) is 4.67. The minimum Gasteiger partial charge on any atom is -0.292 e. The number of ketones is 1. The topological polar surface area (TPSA) is 91.4 Å². The number of carbonyl (C=O) groups excluding carboxylic acids is 1. The molecule has 0 aromatic heterocycles. The monoisotopic (exact) mass is 485 g/mol. The molecule has 3 aromatic rings. The molecule has 0 N–H and O–H groups in total. The quantitative estimate of drug-likeness (QED) is 0.339. The predicted octanol–water partition coefficient (Wildman–Crippen LogP) is 5.72. The number of aryl methyl sites for hydroxylation is 1. The first-order valence-electron chi connectivity index (χ1n) is 11.2. The van der Waals surface area contributed by atoms with Crippen LogP contribution in [0.2, 0.25) is 0 Å². The molecule has 176 valence electrons. The lowest BCUT2D eigenvalue weighted by molar-refractivity contribution is -0.384. The fourth-order valence-electron chi connectivity index (χ4n) is 4.21. The van der Waals surface area contributed by atoms with Crippen LogP contribution in [0.3, 0.4) is 0 Å². The molecule has 1 atom stereocenters. The van der Waals surface area contributed by atoms with Crippen LogP contribution < -0.4 is 10.0 Å². The minimum absolute atomic E-state index is 0.00587. The van der Waals surface area contributed by atoms with Gasteiger partial charge >= 0.3 is 0 Å². The molecule has 0 amide bonds. The van der Waals surface area contributed by atoms with E-state index in [4.69, 9.17) is 5.10 Å². The second kappa shape index (κ2) is 8.99. The highest BCUT2D eigenvalue weighted by molar-refractivity contribution is 8.17. The van der Waals surface area contributed by atoms with Gasteiger partial charge in [0.25, 0.3) is 5.69 Å². The maximum absolute atomic E-state index is 12.4. The number of Topliss-reactive ketones (excluding diaryl/α,β-unsaturated/α-hetero) is 1. The Bertz CT molecular complexity index is 1340. The lowest BCUT2D eigenvalue weighted by atomic mass is 10.0. The van der Waals surface area contributed by atoms with Gasteiger partial charge in [0, 0.05) is 25.5 Å². The fourth-order valence-corrected chi connectivity index (χ4v) is 5.45. The number of nitro benzene ring substituents is 1. The van der Waals surface area contributed by atoms with E-state index in [0.29, 0.717) is 23.6 Å². The van der Waals surface area contributed by atoms with Crippen LogP contribution in [0.5, 0.6) is 0 Å². The predicted molar refractivity (Wildman–Crippen MR) is 140 cm³/mol. The molecule has 5 rings (SSSR count). The SMILES string of the molecule is CC(=O)C1=NN(c2ccc([N+](=O)[O-])cc2)[C@]2(CCC(c3ccc(C)cc3)=NN2c2ccccc2)S1. The van der Waals surface area contributed by atoms with Gasteiger partial charge in [-0.2, -0.15) is 10.2 Å². The van der Waals surface area contributed by atoms with Crippen LogP contribution in [0.15, 0.2) is 89.1 Å². The highest BCUT2D eigenvalue weighted by Gasteiger charge is 2.52. The van der Waals surface area contributed by atoms with Crippen molar-refractivity contribution in [3.8, 4) is 0 Å². The standard InChI is InChI=1S/C26H23N5O3S/c1-18-8-10-20(11-9-18)24-16-17-26(29(27-24)21-6-4-3-5-7-21)30(28-25(35-26)19(2)32)22-12-14-23(15-13-22)31(33)34/h3-15H,16-17H2,1-2H3/t26-/m1/s1. The number of hydrazone groups is 2. The van der Waals surface area contributed by atoms with Crippen molar-refractivity contribution >= 4 is 45.4 Å². The van der Waals surface area contributed by atoms with Crippen molar-refractivity contribution in [1.82, 2.24) is 0 Å². The molecule has 9 heteroatoms. The highest BCUT2D eigenvalue weighted by atomic mass is 32.2. The van der Waals surface area contributed by atoms with Crippen LogP contribution in [0.4, 0.5) is 17.1 Å². The van der Waals surface area contributed by atoms with Gasteiger partial charge in [0.1, 0.15) is 0 Å². The third kappa shape index (κ3) is 4.19. The zero-order valence-electron chi connectivity index (χ0n) is 19.3. The average molecular weight is 486 g/mol. The van der Waals surface area contributed by atoms with Crippen LogP contribution in [-0.4, -0.2) is 26.5 Å². The van der Waals surface area contributed by atoms with Gasteiger partial charge < -0.3 is 0 Å². The van der Waals surface area contributed by atoms with E-state index in [1.54, 1.807) is 17.1 Å². The van der Waals surface area contributed by atoms with E-state index in [1.165, 1.54) is 36.4 Å². The largest absolute Gasteiger partial charge is 0.292 e. The van der Waals surface area contributed by atoms with Gasteiger partial charge in [0.2, 0.25) is 4.99 Å². The zero-order valence-corrected chi connectivity index (χ0v) is 20.1. The summed E-state index contributed by atoms with van der Waals surface area (Å²) in [4.78, 5) is 22.3. The number of para-hydroxylation sites is 1. The molecule has 2 aliphatic heterocycles. The van der Waals surface area contributed by atoms with Crippen molar-refractivity contribution in [2.24, 2.45) is 10.2 Å². The molecule has 0 saturated heterocycles. The molecule has 8 nitrogen and oxygen atoms in total. The Morgan fingerprint density at radius 1 is 0.943 bits per heavy atom. The van der Waals surface area contributed by atoms with E-state index in [2.05, 4.69) is 36.3 Å². The molecule has 2 heterocycles. The third-order valence-electron chi connectivity index (χ3n) is 6.01. The summed E-state index contributed by atoms with van der Waals surface area (Å²) >= 11 is 1.37. The Balaban J connectivity index is 1.64. The molecular weight excluding hydrogens is 462 g/mol. The molecule has 2 aliphatic rings. The van der Waals surface area contributed by atoms with Crippen molar-refractivity contribution in [3.63, 3.8) is 0 Å². The molecule has 0 fully saturated rings. The van der Waals surface area contributed by atoms with Crippen molar-refractivity contribution in [2.75, 3.05) is 10.0 Å². The molecular formula is C26H23N5O3S. The van der Waals surface area contributed by atoms with Crippen molar-refractivity contribution < 1.29 is 9.72 Å². The summed E-state index contributed by atoms with van der Waals surface area (Å²) in [6.45, 7) is 3.55. The number of hydrogen-bond donors (Lipinski definition) is 0. The molecule has 0 aliphatic carbocycles. The number of benzene rings is 3. The number of carbonyl (C=O) groups is 1. The number of non-ortho nitro benzene ring substituents is 1. The zero-order chi connectivity index (χ0) is 24.6. The van der Waals surface area contributed by atoms with Crippen molar-refractivity contribution in [2.45, 2.75) is 31.7 Å². The Kier molecular flexibility index (Phi) is 5.86. The number of hydrogen-bond acceptors (Lipinski definition) is 8. The number of thioether (sulfide) groups is 1. The van der Waals surface area contributed by atoms with Gasteiger partial charge in [-0.15, -0.1) is 0 Å². The smallest absolute Gasteiger partial charge is 0.269 e. The third-order valence-corrected chi connectivity index (χ3v) is 7.45. The molecule has 0 saturated carbocycles. The summed E-state index contributed by atoms with van der Waals surface area (Å²) in [5.74, 6) is -0.139. The summed E-state index contributed by atoms with van der Waals surface area (Å²) in [7, 11) is 0. The maximum atomic E-state index is 12.4. The van der Waals surface area contributed by atoms with Gasteiger partial charge in [0.05, 0.1) is 22.0 Å². The Morgan fingerprint density at radius 3 is 2.20 bits per heavy atom. The Hall–Kier alpha value is -3.98. The second-order valence-corrected chi connectivity index (χ2v) is 9.70. The van der Waals surface area contributed by atoms with Crippen LogP contribution in [0.1, 0.15) is 30.9 Å². The molecule has 0 bridgehead atoms. The van der Waals surface area contributed by atoms with Crippen LogP contribution in [0, 0.1) is 17.0 Å². The maximum Gasteiger partial charge on any atom is 0.269 e. The van der Waals surface area contributed by atoms with E-state index >= 15 is 0 Å². The number of nitro groups is 1. The lowest BCUT2D eigenvalue weighted by Crippen LogP contribution is -2.56. The highest BCUT2D eigenvalue weighted by Crippen LogP contribution is 2.50. The molecule has 3 aromatic carbocycles. The first-order chi connectivity index (χ1) is 16.9. The molecule has 35 heavy (non-hydrogen) atoms.